The first-order chi connectivity index (χ1) is 9.18. The molecule has 0 atom stereocenters. The molecule has 0 fully saturated rings. The number of carboxylic acids is 1. The van der Waals surface area contributed by atoms with E-state index in [9.17, 15) is 9.90 Å². The number of aromatic nitrogens is 1. The Morgan fingerprint density at radius 2 is 1.95 bits per heavy atom. The predicted octanol–water partition coefficient (Wildman–Crippen LogP) is 2.93. The summed E-state index contributed by atoms with van der Waals surface area (Å²) in [5.74, 6) is -0.329. The fourth-order valence-electron chi connectivity index (χ4n) is 1.66. The summed E-state index contributed by atoms with van der Waals surface area (Å²) in [6.45, 7) is 1.91. The second-order valence-corrected chi connectivity index (χ2v) is 4.04. The Morgan fingerprint density at radius 3 is 2.58 bits per heavy atom. The van der Waals surface area contributed by atoms with Crippen LogP contribution in [0.2, 0.25) is 0 Å². The summed E-state index contributed by atoms with van der Waals surface area (Å²) in [4.78, 5) is 15.4. The number of rotatable bonds is 4. The van der Waals surface area contributed by atoms with Gasteiger partial charge >= 0.3 is 5.97 Å². The quantitative estimate of drug-likeness (QED) is 0.823. The number of hydrogen-bond acceptors (Lipinski definition) is 3. The fourth-order valence-corrected chi connectivity index (χ4v) is 1.66. The molecule has 4 heteroatoms. The van der Waals surface area contributed by atoms with Gasteiger partial charge in [0.15, 0.2) is 0 Å². The van der Waals surface area contributed by atoms with Crippen molar-refractivity contribution in [3.8, 4) is 0 Å². The van der Waals surface area contributed by atoms with Crippen LogP contribution >= 0.6 is 0 Å². The van der Waals surface area contributed by atoms with Crippen LogP contribution in [0.15, 0.2) is 54.9 Å². The average Bonchev–Trinajstić information content (AvgIpc) is 2.42. The van der Waals surface area contributed by atoms with E-state index in [1.165, 1.54) is 6.20 Å². The number of nitrogens with zero attached hydrogens (tertiary/aromatic N) is 1. The summed E-state index contributed by atoms with van der Waals surface area (Å²) in [5, 5.41) is 12.2. The van der Waals surface area contributed by atoms with Gasteiger partial charge in [-0.1, -0.05) is 36.4 Å². The Labute approximate surface area is 111 Å². The van der Waals surface area contributed by atoms with Crippen LogP contribution in [-0.4, -0.2) is 16.1 Å². The Kier molecular flexibility index (Phi) is 3.93. The lowest BCUT2D eigenvalue weighted by Crippen LogP contribution is -2.03. The van der Waals surface area contributed by atoms with Crippen molar-refractivity contribution in [2.45, 2.75) is 6.92 Å². The molecule has 2 N–H and O–H groups in total. The zero-order valence-corrected chi connectivity index (χ0v) is 10.5. The van der Waals surface area contributed by atoms with Gasteiger partial charge in [-0.2, -0.15) is 0 Å². The van der Waals surface area contributed by atoms with E-state index in [1.807, 2.05) is 25.1 Å². The molecule has 2 aromatic rings. The van der Waals surface area contributed by atoms with E-state index in [0.29, 0.717) is 11.4 Å². The molecule has 1 heterocycles. The smallest absolute Gasteiger partial charge is 0.337 e. The van der Waals surface area contributed by atoms with Crippen LogP contribution in [0.3, 0.4) is 0 Å². The molecule has 0 aliphatic rings. The van der Waals surface area contributed by atoms with Crippen LogP contribution in [0.1, 0.15) is 11.1 Å². The Morgan fingerprint density at radius 1 is 1.21 bits per heavy atom. The van der Waals surface area contributed by atoms with Gasteiger partial charge in [-0.25, -0.2) is 9.78 Å². The normalized spacial score (nSPS) is 11.1. The summed E-state index contributed by atoms with van der Waals surface area (Å²) in [7, 11) is 0. The van der Waals surface area contributed by atoms with Crippen molar-refractivity contribution in [1.82, 2.24) is 4.98 Å². The monoisotopic (exact) mass is 254 g/mol. The van der Waals surface area contributed by atoms with Gasteiger partial charge in [0.05, 0.1) is 5.57 Å². The summed E-state index contributed by atoms with van der Waals surface area (Å²) in [5.41, 5.74) is 1.80. The van der Waals surface area contributed by atoms with Crippen molar-refractivity contribution in [2.24, 2.45) is 0 Å². The van der Waals surface area contributed by atoms with Crippen molar-refractivity contribution in [2.75, 3.05) is 5.32 Å². The minimum absolute atomic E-state index is 0.200. The van der Waals surface area contributed by atoms with E-state index in [0.717, 1.165) is 5.56 Å². The van der Waals surface area contributed by atoms with E-state index < -0.39 is 5.97 Å². The second kappa shape index (κ2) is 5.82. The predicted molar refractivity (Wildman–Crippen MR) is 74.7 cm³/mol. The second-order valence-electron chi connectivity index (χ2n) is 4.04. The SMILES string of the molecule is Cc1cccnc1N/C=C(\C(=O)O)c1ccccc1. The number of benzene rings is 1. The van der Waals surface area contributed by atoms with Crippen molar-refractivity contribution in [3.63, 3.8) is 0 Å². The zero-order valence-electron chi connectivity index (χ0n) is 10.5. The molecule has 0 unspecified atom stereocenters. The first-order valence-corrected chi connectivity index (χ1v) is 5.85. The number of nitrogens with one attached hydrogen (secondary N) is 1. The van der Waals surface area contributed by atoms with Crippen LogP contribution in [0.5, 0.6) is 0 Å². The Bertz CT molecular complexity index is 607. The summed E-state index contributed by atoms with van der Waals surface area (Å²) in [6.07, 6.45) is 3.12. The van der Waals surface area contributed by atoms with E-state index in [1.54, 1.807) is 30.5 Å². The van der Waals surface area contributed by atoms with Crippen LogP contribution in [0, 0.1) is 6.92 Å². The van der Waals surface area contributed by atoms with Crippen molar-refractivity contribution >= 4 is 17.4 Å². The number of carbonyl (C=O) groups is 1. The Hall–Kier alpha value is -2.62. The minimum Gasteiger partial charge on any atom is -0.478 e. The van der Waals surface area contributed by atoms with Crippen molar-refractivity contribution in [1.29, 1.82) is 0 Å². The molecular formula is C15H14N2O2. The standard InChI is InChI=1S/C15H14N2O2/c1-11-6-5-9-16-14(11)17-10-13(15(18)19)12-7-3-2-4-8-12/h2-10H,1H3,(H,16,17)(H,18,19)/b13-10-. The highest BCUT2D eigenvalue weighted by Crippen LogP contribution is 2.16. The number of hydrogen-bond donors (Lipinski definition) is 2. The van der Waals surface area contributed by atoms with Crippen LogP contribution in [0.25, 0.3) is 5.57 Å². The van der Waals surface area contributed by atoms with Crippen molar-refractivity contribution < 1.29 is 9.90 Å². The summed E-state index contributed by atoms with van der Waals surface area (Å²) >= 11 is 0. The number of aliphatic carboxylic acids is 1. The maximum atomic E-state index is 11.3. The third-order valence-electron chi connectivity index (χ3n) is 2.68. The molecule has 2 rings (SSSR count). The number of aryl methyl sites for hydroxylation is 1. The van der Waals surface area contributed by atoms with Gasteiger partial charge in [-0.05, 0) is 24.1 Å². The molecule has 0 saturated heterocycles. The molecule has 1 aromatic carbocycles. The van der Waals surface area contributed by atoms with Gasteiger partial charge in [0, 0.05) is 12.4 Å². The van der Waals surface area contributed by atoms with Gasteiger partial charge in [0.25, 0.3) is 0 Å². The van der Waals surface area contributed by atoms with Gasteiger partial charge in [-0.15, -0.1) is 0 Å². The van der Waals surface area contributed by atoms with E-state index in [2.05, 4.69) is 10.3 Å². The highest BCUT2D eigenvalue weighted by Gasteiger charge is 2.09. The first kappa shape index (κ1) is 12.8. The molecule has 0 bridgehead atoms. The lowest BCUT2D eigenvalue weighted by Gasteiger charge is -2.06. The molecule has 96 valence electrons. The van der Waals surface area contributed by atoms with E-state index in [4.69, 9.17) is 0 Å². The Balaban J connectivity index is 2.29. The highest BCUT2D eigenvalue weighted by atomic mass is 16.4. The van der Waals surface area contributed by atoms with Crippen molar-refractivity contribution in [3.05, 3.63) is 66.0 Å². The van der Waals surface area contributed by atoms with Crippen LogP contribution in [0.4, 0.5) is 5.82 Å². The minimum atomic E-state index is -0.979. The first-order valence-electron chi connectivity index (χ1n) is 5.85. The maximum Gasteiger partial charge on any atom is 0.337 e. The van der Waals surface area contributed by atoms with Gasteiger partial charge in [-0.3, -0.25) is 0 Å². The molecule has 4 nitrogen and oxygen atoms in total. The van der Waals surface area contributed by atoms with Crippen LogP contribution in [-0.2, 0) is 4.79 Å². The molecule has 0 spiro atoms. The number of pyridine rings is 1. The van der Waals surface area contributed by atoms with E-state index >= 15 is 0 Å². The topological polar surface area (TPSA) is 62.2 Å². The van der Waals surface area contributed by atoms with E-state index in [-0.39, 0.29) is 5.57 Å². The summed E-state index contributed by atoms with van der Waals surface area (Å²) < 4.78 is 0. The largest absolute Gasteiger partial charge is 0.478 e. The molecule has 0 aliphatic heterocycles. The molecular weight excluding hydrogens is 240 g/mol. The zero-order chi connectivity index (χ0) is 13.7. The average molecular weight is 254 g/mol. The summed E-state index contributed by atoms with van der Waals surface area (Å²) in [6, 6.07) is 12.7. The third kappa shape index (κ3) is 3.19. The lowest BCUT2D eigenvalue weighted by atomic mass is 10.1. The maximum absolute atomic E-state index is 11.3. The van der Waals surface area contributed by atoms with Gasteiger partial charge in [0.1, 0.15) is 5.82 Å². The molecule has 19 heavy (non-hydrogen) atoms. The molecule has 0 saturated carbocycles. The molecule has 0 radical (unpaired) electrons. The molecule has 0 amide bonds. The number of carboxylic acid groups (broad SMARTS) is 1. The van der Waals surface area contributed by atoms with Gasteiger partial charge < -0.3 is 10.4 Å². The van der Waals surface area contributed by atoms with Gasteiger partial charge in [0.2, 0.25) is 0 Å². The number of anilines is 1. The molecule has 0 aliphatic carbocycles. The third-order valence-corrected chi connectivity index (χ3v) is 2.68. The fraction of sp³-hybridized carbons (Fsp3) is 0.0667. The lowest BCUT2D eigenvalue weighted by molar-refractivity contribution is -0.130. The molecule has 1 aromatic heterocycles. The van der Waals surface area contributed by atoms with Crippen LogP contribution < -0.4 is 5.32 Å². The highest BCUT2D eigenvalue weighted by molar-refractivity contribution is 6.15.